The van der Waals surface area contributed by atoms with Gasteiger partial charge in [-0.3, -0.25) is 0 Å². The fourth-order valence-corrected chi connectivity index (χ4v) is 3.85. The van der Waals surface area contributed by atoms with E-state index < -0.39 is 22.2 Å². The van der Waals surface area contributed by atoms with E-state index in [0.29, 0.717) is 5.56 Å². The predicted molar refractivity (Wildman–Crippen MR) is 101 cm³/mol. The van der Waals surface area contributed by atoms with Crippen LogP contribution in [0, 0.1) is 0 Å². The van der Waals surface area contributed by atoms with E-state index in [-0.39, 0.29) is 10.3 Å². The average molecular weight is 362 g/mol. The predicted octanol–water partition coefficient (Wildman–Crippen LogP) is 3.77. The summed E-state index contributed by atoms with van der Waals surface area (Å²) in [5, 5.41) is 10.4. The summed E-state index contributed by atoms with van der Waals surface area (Å²) in [6.07, 6.45) is 0.0618. The number of aliphatic hydroxyl groups is 1. The van der Waals surface area contributed by atoms with Crippen molar-refractivity contribution in [3.8, 4) is 0 Å². The van der Waals surface area contributed by atoms with Gasteiger partial charge in [-0.2, -0.15) is 0 Å². The summed E-state index contributed by atoms with van der Waals surface area (Å²) in [7, 11) is -3.69. The van der Waals surface area contributed by atoms with Crippen LogP contribution >= 0.6 is 0 Å². The molecule has 0 radical (unpaired) electrons. The molecule has 0 fully saturated rings. The number of rotatable bonds is 7. The zero-order valence-electron chi connectivity index (χ0n) is 15.2. The maximum Gasteiger partial charge on any atom is 0.240 e. The van der Waals surface area contributed by atoms with Crippen molar-refractivity contribution in [1.29, 1.82) is 0 Å². The van der Waals surface area contributed by atoms with Crippen LogP contribution in [0.1, 0.15) is 51.3 Å². The summed E-state index contributed by atoms with van der Waals surface area (Å²) in [5.74, 6) is 0. The highest BCUT2D eigenvalue weighted by molar-refractivity contribution is 7.89. The van der Waals surface area contributed by atoms with Crippen molar-refractivity contribution in [2.45, 2.75) is 56.6 Å². The van der Waals surface area contributed by atoms with Crippen LogP contribution in [0.3, 0.4) is 0 Å². The van der Waals surface area contributed by atoms with Crippen LogP contribution in [0.15, 0.2) is 59.5 Å². The van der Waals surface area contributed by atoms with Crippen LogP contribution in [0.25, 0.3) is 0 Å². The Balaban J connectivity index is 2.16. The van der Waals surface area contributed by atoms with E-state index in [2.05, 4.69) is 25.5 Å². The van der Waals surface area contributed by atoms with Crippen LogP contribution in [0.4, 0.5) is 0 Å². The maximum atomic E-state index is 12.6. The van der Waals surface area contributed by atoms with Crippen LogP contribution < -0.4 is 4.72 Å². The summed E-state index contributed by atoms with van der Waals surface area (Å²) >= 11 is 0. The highest BCUT2D eigenvalue weighted by Crippen LogP contribution is 2.27. The number of sulfonamides is 1. The van der Waals surface area contributed by atoms with Crippen LogP contribution in [0.2, 0.25) is 0 Å². The molecule has 2 unspecified atom stereocenters. The summed E-state index contributed by atoms with van der Waals surface area (Å²) in [6.45, 7) is 8.03. The molecule has 4 nitrogen and oxygen atoms in total. The van der Waals surface area contributed by atoms with Gasteiger partial charge in [0.2, 0.25) is 10.0 Å². The molecule has 0 aliphatic carbocycles. The SMILES string of the molecule is CCC(C)(C)c1ccc(S(=O)(=O)NC(C)C(O)c2ccccc2)cc1. The van der Waals surface area contributed by atoms with Crippen molar-refractivity contribution in [3.63, 3.8) is 0 Å². The van der Waals surface area contributed by atoms with Gasteiger partial charge in [0, 0.05) is 6.04 Å². The van der Waals surface area contributed by atoms with E-state index in [0.717, 1.165) is 12.0 Å². The lowest BCUT2D eigenvalue weighted by atomic mass is 9.82. The van der Waals surface area contributed by atoms with Crippen LogP contribution in [-0.4, -0.2) is 19.6 Å². The first-order chi connectivity index (χ1) is 11.7. The second-order valence-corrected chi connectivity index (χ2v) is 8.74. The zero-order chi connectivity index (χ0) is 18.7. The van der Waals surface area contributed by atoms with Crippen molar-refractivity contribution in [1.82, 2.24) is 4.72 Å². The lowest BCUT2D eigenvalue weighted by Gasteiger charge is -2.24. The Morgan fingerprint density at radius 1 is 1.04 bits per heavy atom. The molecule has 5 heteroatoms. The van der Waals surface area contributed by atoms with Crippen molar-refractivity contribution >= 4 is 10.0 Å². The number of nitrogens with one attached hydrogen (secondary N) is 1. The molecule has 0 saturated heterocycles. The summed E-state index contributed by atoms with van der Waals surface area (Å²) in [6, 6.07) is 15.3. The normalized spacial score (nSPS) is 14.9. The lowest BCUT2D eigenvalue weighted by molar-refractivity contribution is 0.146. The third-order valence-electron chi connectivity index (χ3n) is 4.79. The fourth-order valence-electron chi connectivity index (χ4n) is 2.61. The Hall–Kier alpha value is -1.69. The molecule has 0 aliphatic rings. The Bertz CT molecular complexity index is 783. The summed E-state index contributed by atoms with van der Waals surface area (Å²) in [4.78, 5) is 0.204. The first kappa shape index (κ1) is 19.6. The van der Waals surface area contributed by atoms with Crippen LogP contribution in [-0.2, 0) is 15.4 Å². The van der Waals surface area contributed by atoms with E-state index in [1.165, 1.54) is 0 Å². The molecule has 0 saturated carbocycles. The first-order valence-corrected chi connectivity index (χ1v) is 10.0. The third kappa shape index (κ3) is 4.69. The quantitative estimate of drug-likeness (QED) is 0.789. The average Bonchev–Trinajstić information content (AvgIpc) is 2.61. The molecule has 2 N–H and O–H groups in total. The van der Waals surface area contributed by atoms with Gasteiger partial charge in [-0.15, -0.1) is 0 Å². The monoisotopic (exact) mass is 361 g/mol. The van der Waals surface area contributed by atoms with Gasteiger partial charge in [0.1, 0.15) is 0 Å². The van der Waals surface area contributed by atoms with Gasteiger partial charge in [0.25, 0.3) is 0 Å². The minimum atomic E-state index is -3.69. The van der Waals surface area contributed by atoms with E-state index in [1.807, 2.05) is 30.3 Å². The first-order valence-electron chi connectivity index (χ1n) is 8.53. The molecule has 0 bridgehead atoms. The molecule has 25 heavy (non-hydrogen) atoms. The number of aliphatic hydroxyl groups excluding tert-OH is 1. The van der Waals surface area contributed by atoms with E-state index >= 15 is 0 Å². The number of hydrogen-bond acceptors (Lipinski definition) is 3. The van der Waals surface area contributed by atoms with Gasteiger partial charge in [0.15, 0.2) is 0 Å². The fraction of sp³-hybridized carbons (Fsp3) is 0.400. The van der Waals surface area contributed by atoms with Gasteiger partial charge in [0.05, 0.1) is 11.0 Å². The molecular weight excluding hydrogens is 334 g/mol. The van der Waals surface area contributed by atoms with Gasteiger partial charge < -0.3 is 5.11 Å². The largest absolute Gasteiger partial charge is 0.387 e. The molecule has 2 aromatic rings. The van der Waals surface area contributed by atoms with Gasteiger partial charge in [-0.25, -0.2) is 13.1 Å². The molecule has 2 rings (SSSR count). The molecule has 0 aliphatic heterocycles. The number of hydrogen-bond donors (Lipinski definition) is 2. The standard InChI is InChI=1S/C20H27NO3S/c1-5-20(3,4)17-11-13-18(14-12-17)25(23,24)21-15(2)19(22)16-9-7-6-8-10-16/h6-15,19,21-22H,5H2,1-4H3. The Kier molecular flexibility index (Phi) is 6.03. The van der Waals surface area contributed by atoms with Crippen LogP contribution in [0.5, 0.6) is 0 Å². The third-order valence-corrected chi connectivity index (χ3v) is 6.36. The molecule has 2 aromatic carbocycles. The summed E-state index contributed by atoms with van der Waals surface area (Å²) < 4.78 is 27.7. The van der Waals surface area contributed by atoms with Crippen molar-refractivity contribution in [2.24, 2.45) is 0 Å². The molecule has 0 amide bonds. The molecule has 136 valence electrons. The van der Waals surface area contributed by atoms with Crippen molar-refractivity contribution < 1.29 is 13.5 Å². The molecule has 2 atom stereocenters. The lowest BCUT2D eigenvalue weighted by Crippen LogP contribution is -2.37. The molecular formula is C20H27NO3S. The Labute approximate surface area is 151 Å². The minimum Gasteiger partial charge on any atom is -0.387 e. The van der Waals surface area contributed by atoms with E-state index in [9.17, 15) is 13.5 Å². The zero-order valence-corrected chi connectivity index (χ0v) is 16.0. The Morgan fingerprint density at radius 2 is 1.60 bits per heavy atom. The molecule has 0 aromatic heterocycles. The van der Waals surface area contributed by atoms with Crippen molar-refractivity contribution in [3.05, 3.63) is 65.7 Å². The topological polar surface area (TPSA) is 66.4 Å². The molecule has 0 spiro atoms. The minimum absolute atomic E-state index is 0.00646. The van der Waals surface area contributed by atoms with E-state index in [4.69, 9.17) is 0 Å². The van der Waals surface area contributed by atoms with E-state index in [1.54, 1.807) is 31.2 Å². The summed E-state index contributed by atoms with van der Waals surface area (Å²) in [5.41, 5.74) is 1.79. The highest BCUT2D eigenvalue weighted by atomic mass is 32.2. The Morgan fingerprint density at radius 3 is 2.12 bits per heavy atom. The van der Waals surface area contributed by atoms with Gasteiger partial charge >= 0.3 is 0 Å². The van der Waals surface area contributed by atoms with Gasteiger partial charge in [-0.05, 0) is 42.0 Å². The maximum absolute atomic E-state index is 12.6. The molecule has 0 heterocycles. The second kappa shape index (κ2) is 7.68. The highest BCUT2D eigenvalue weighted by Gasteiger charge is 2.24. The smallest absolute Gasteiger partial charge is 0.240 e. The van der Waals surface area contributed by atoms with Crippen molar-refractivity contribution in [2.75, 3.05) is 0 Å². The second-order valence-electron chi connectivity index (χ2n) is 7.03. The number of benzene rings is 2. The van der Waals surface area contributed by atoms with Gasteiger partial charge in [-0.1, -0.05) is 63.2 Å².